The number of hydrogen-bond acceptors (Lipinski definition) is 5. The maximum atomic E-state index is 13.7. The first-order valence-electron chi connectivity index (χ1n) is 13.3. The first-order chi connectivity index (χ1) is 18.2. The van der Waals surface area contributed by atoms with Crippen LogP contribution < -0.4 is 11.1 Å². The maximum absolute atomic E-state index is 13.7. The van der Waals surface area contributed by atoms with Gasteiger partial charge in [0, 0.05) is 30.9 Å². The summed E-state index contributed by atoms with van der Waals surface area (Å²) in [6, 6.07) is 16.7. The molecule has 1 aliphatic heterocycles. The van der Waals surface area contributed by atoms with Gasteiger partial charge in [0.05, 0.1) is 10.9 Å². The number of amides is 3. The topological polar surface area (TPSA) is 95.7 Å². The van der Waals surface area contributed by atoms with Gasteiger partial charge in [0.25, 0.3) is 5.91 Å². The molecule has 7 nitrogen and oxygen atoms in total. The smallest absolute Gasteiger partial charge is 0.264 e. The SMILES string of the molecule is CC(C)[C@@H](NC(=O)[C@@H](C)N)C(=O)N1CCCC1Cc1c(C(=O)N(C)Cc2ccccc2)sc2ccccc12. The maximum Gasteiger partial charge on any atom is 0.264 e. The van der Waals surface area contributed by atoms with Crippen LogP contribution in [0.25, 0.3) is 10.1 Å². The van der Waals surface area contributed by atoms with E-state index in [9.17, 15) is 14.4 Å². The molecule has 1 fully saturated rings. The third-order valence-electron chi connectivity index (χ3n) is 7.25. The fourth-order valence-electron chi connectivity index (χ4n) is 5.13. The molecule has 1 aliphatic rings. The molecule has 0 spiro atoms. The van der Waals surface area contributed by atoms with Gasteiger partial charge in [-0.25, -0.2) is 0 Å². The van der Waals surface area contributed by atoms with Gasteiger partial charge in [-0.3, -0.25) is 14.4 Å². The van der Waals surface area contributed by atoms with Crippen molar-refractivity contribution in [3.8, 4) is 0 Å². The number of thiophene rings is 1. The number of carbonyl (C=O) groups excluding carboxylic acids is 3. The number of nitrogens with one attached hydrogen (secondary N) is 1. The summed E-state index contributed by atoms with van der Waals surface area (Å²) in [7, 11) is 1.84. The molecule has 1 saturated heterocycles. The van der Waals surface area contributed by atoms with Crippen LogP contribution in [0.1, 0.15) is 54.4 Å². The van der Waals surface area contributed by atoms with E-state index in [0.29, 0.717) is 19.5 Å². The van der Waals surface area contributed by atoms with Gasteiger partial charge >= 0.3 is 0 Å². The Morgan fingerprint density at radius 2 is 1.76 bits per heavy atom. The predicted molar refractivity (Wildman–Crippen MR) is 153 cm³/mol. The van der Waals surface area contributed by atoms with Crippen molar-refractivity contribution in [1.82, 2.24) is 15.1 Å². The van der Waals surface area contributed by atoms with E-state index >= 15 is 0 Å². The van der Waals surface area contributed by atoms with E-state index in [-0.39, 0.29) is 29.7 Å². The van der Waals surface area contributed by atoms with Crippen LogP contribution in [-0.4, -0.2) is 59.2 Å². The van der Waals surface area contributed by atoms with E-state index in [4.69, 9.17) is 5.73 Å². The predicted octanol–water partition coefficient (Wildman–Crippen LogP) is 4.20. The monoisotopic (exact) mass is 534 g/mol. The van der Waals surface area contributed by atoms with E-state index in [1.807, 2.05) is 74.3 Å². The van der Waals surface area contributed by atoms with Gasteiger partial charge in [0.15, 0.2) is 0 Å². The molecule has 8 heteroatoms. The minimum atomic E-state index is -0.683. The zero-order valence-corrected chi connectivity index (χ0v) is 23.5. The molecular weight excluding hydrogens is 496 g/mol. The molecule has 0 bridgehead atoms. The lowest BCUT2D eigenvalue weighted by molar-refractivity contribution is -0.138. The molecule has 3 aromatic rings. The van der Waals surface area contributed by atoms with E-state index in [1.165, 1.54) is 11.3 Å². The first-order valence-corrected chi connectivity index (χ1v) is 14.1. The van der Waals surface area contributed by atoms with Crippen LogP contribution in [-0.2, 0) is 22.6 Å². The van der Waals surface area contributed by atoms with Gasteiger partial charge < -0.3 is 20.9 Å². The van der Waals surface area contributed by atoms with Crippen molar-refractivity contribution in [1.29, 1.82) is 0 Å². The molecule has 3 atom stereocenters. The molecule has 0 radical (unpaired) electrons. The second kappa shape index (κ2) is 12.1. The van der Waals surface area contributed by atoms with Crippen molar-refractivity contribution >= 4 is 39.1 Å². The number of benzene rings is 2. The largest absolute Gasteiger partial charge is 0.343 e. The van der Waals surface area contributed by atoms with Crippen molar-refractivity contribution < 1.29 is 14.4 Å². The van der Waals surface area contributed by atoms with E-state index in [0.717, 1.165) is 38.9 Å². The highest BCUT2D eigenvalue weighted by molar-refractivity contribution is 7.21. The normalized spacial score (nSPS) is 17.0. The van der Waals surface area contributed by atoms with Gasteiger partial charge in [-0.1, -0.05) is 62.4 Å². The number of nitrogens with two attached hydrogens (primary N) is 1. The molecule has 3 N–H and O–H groups in total. The van der Waals surface area contributed by atoms with E-state index < -0.39 is 12.1 Å². The van der Waals surface area contributed by atoms with Crippen LogP contribution in [0.4, 0.5) is 0 Å². The highest BCUT2D eigenvalue weighted by Gasteiger charge is 2.36. The summed E-state index contributed by atoms with van der Waals surface area (Å²) >= 11 is 1.52. The number of fused-ring (bicyclic) bond motifs is 1. The van der Waals surface area contributed by atoms with Crippen molar-refractivity contribution in [2.75, 3.05) is 13.6 Å². The van der Waals surface area contributed by atoms with Crippen molar-refractivity contribution in [3.05, 3.63) is 70.6 Å². The summed E-state index contributed by atoms with van der Waals surface area (Å²) in [6.45, 7) is 6.64. The first kappa shape index (κ1) is 27.8. The Labute approximate surface area is 229 Å². The highest BCUT2D eigenvalue weighted by Crippen LogP contribution is 2.35. The Bertz CT molecular complexity index is 1290. The Morgan fingerprint density at radius 3 is 2.45 bits per heavy atom. The number of nitrogens with zero attached hydrogens (tertiary/aromatic N) is 2. The Kier molecular flexibility index (Phi) is 8.84. The van der Waals surface area contributed by atoms with E-state index in [1.54, 1.807) is 11.8 Å². The van der Waals surface area contributed by atoms with Crippen molar-refractivity contribution in [2.24, 2.45) is 11.7 Å². The summed E-state index contributed by atoms with van der Waals surface area (Å²) in [4.78, 5) is 44.1. The molecule has 202 valence electrons. The average molecular weight is 535 g/mol. The average Bonchev–Trinajstić information content (AvgIpc) is 3.51. The van der Waals surface area contributed by atoms with Gasteiger partial charge in [-0.2, -0.15) is 0 Å². The third-order valence-corrected chi connectivity index (χ3v) is 8.45. The molecular formula is C30H38N4O3S. The third kappa shape index (κ3) is 6.08. The summed E-state index contributed by atoms with van der Waals surface area (Å²) in [5, 5.41) is 3.92. The molecule has 0 aliphatic carbocycles. The van der Waals surface area contributed by atoms with Crippen LogP contribution >= 0.6 is 11.3 Å². The standard InChI is InChI=1S/C30H38N4O3S/c1-19(2)26(32-28(35)20(3)31)29(36)34-16-10-13-22(34)17-24-23-14-8-9-15-25(23)38-27(24)30(37)33(4)18-21-11-6-5-7-12-21/h5-9,11-12,14-15,19-20,22,26H,10,13,16-18,31H2,1-4H3,(H,32,35)/t20-,22?,26-/m1/s1. The van der Waals surface area contributed by atoms with Gasteiger partial charge in [0.1, 0.15) is 6.04 Å². The highest BCUT2D eigenvalue weighted by atomic mass is 32.1. The molecule has 2 heterocycles. The zero-order chi connectivity index (χ0) is 27.4. The molecule has 1 unspecified atom stereocenters. The Morgan fingerprint density at radius 1 is 1.08 bits per heavy atom. The van der Waals surface area contributed by atoms with Crippen LogP contribution in [0.5, 0.6) is 0 Å². The number of likely N-dealkylation sites (tertiary alicyclic amines) is 1. The van der Waals surface area contributed by atoms with Crippen LogP contribution in [0.3, 0.4) is 0 Å². The summed E-state index contributed by atoms with van der Waals surface area (Å²) in [5.41, 5.74) is 7.83. The second-order valence-electron chi connectivity index (χ2n) is 10.6. The molecule has 3 amide bonds. The molecule has 4 rings (SSSR count). The summed E-state index contributed by atoms with van der Waals surface area (Å²) in [6.07, 6.45) is 2.35. The summed E-state index contributed by atoms with van der Waals surface area (Å²) in [5.74, 6) is -0.488. The van der Waals surface area contributed by atoms with E-state index in [2.05, 4.69) is 11.4 Å². The van der Waals surface area contributed by atoms with Crippen LogP contribution in [0.2, 0.25) is 0 Å². The number of carbonyl (C=O) groups is 3. The van der Waals surface area contributed by atoms with Gasteiger partial charge in [-0.15, -0.1) is 11.3 Å². The summed E-state index contributed by atoms with van der Waals surface area (Å²) < 4.78 is 1.07. The molecule has 1 aromatic heterocycles. The van der Waals surface area contributed by atoms with Crippen LogP contribution in [0.15, 0.2) is 54.6 Å². The minimum Gasteiger partial charge on any atom is -0.343 e. The van der Waals surface area contributed by atoms with Crippen LogP contribution in [0, 0.1) is 5.92 Å². The lowest BCUT2D eigenvalue weighted by Gasteiger charge is -2.31. The lowest BCUT2D eigenvalue weighted by Crippen LogP contribution is -2.55. The van der Waals surface area contributed by atoms with Gasteiger partial charge in [-0.05, 0) is 54.7 Å². The molecule has 2 aromatic carbocycles. The van der Waals surface area contributed by atoms with Crippen molar-refractivity contribution in [2.45, 2.75) is 64.7 Å². The number of hydrogen-bond donors (Lipinski definition) is 2. The fourth-order valence-corrected chi connectivity index (χ4v) is 6.35. The quantitative estimate of drug-likeness (QED) is 0.430. The minimum absolute atomic E-state index is 0.00909. The lowest BCUT2D eigenvalue weighted by atomic mass is 9.98. The molecule has 0 saturated carbocycles. The van der Waals surface area contributed by atoms with Crippen molar-refractivity contribution in [3.63, 3.8) is 0 Å². The number of rotatable bonds is 9. The molecule has 38 heavy (non-hydrogen) atoms. The fraction of sp³-hybridized carbons (Fsp3) is 0.433. The van der Waals surface area contributed by atoms with Gasteiger partial charge in [0.2, 0.25) is 11.8 Å². The Balaban J connectivity index is 1.60. The second-order valence-corrected chi connectivity index (χ2v) is 11.7. The Hall–Kier alpha value is -3.23. The zero-order valence-electron chi connectivity index (χ0n) is 22.6.